The average Bonchev–Trinajstić information content (AvgIpc) is 2.61. The van der Waals surface area contributed by atoms with E-state index in [1.54, 1.807) is 24.3 Å². The summed E-state index contributed by atoms with van der Waals surface area (Å²) in [7, 11) is 0. The van der Waals surface area contributed by atoms with E-state index in [1.807, 2.05) is 0 Å². The molecule has 0 spiro atoms. The van der Waals surface area contributed by atoms with Gasteiger partial charge >= 0.3 is 5.97 Å². The second-order valence-corrected chi connectivity index (χ2v) is 3.83. The van der Waals surface area contributed by atoms with Crippen molar-refractivity contribution >= 4 is 29.2 Å². The van der Waals surface area contributed by atoms with E-state index in [4.69, 9.17) is 16.7 Å². The first-order valence-electron chi connectivity index (χ1n) is 4.60. The molecule has 16 heavy (non-hydrogen) atoms. The van der Waals surface area contributed by atoms with E-state index < -0.39 is 5.97 Å². The lowest BCUT2D eigenvalue weighted by Gasteiger charge is -2.04. The SMILES string of the molecule is O=C1CC(C(=O)O)=C(c2ccc(Cl)cc2)N1. The summed E-state index contributed by atoms with van der Waals surface area (Å²) in [5, 5.41) is 12.0. The Morgan fingerprint density at radius 2 is 1.94 bits per heavy atom. The highest BCUT2D eigenvalue weighted by molar-refractivity contribution is 6.30. The molecule has 2 rings (SSSR count). The number of amides is 1. The van der Waals surface area contributed by atoms with Crippen LogP contribution in [0.4, 0.5) is 0 Å². The highest BCUT2D eigenvalue weighted by atomic mass is 35.5. The summed E-state index contributed by atoms with van der Waals surface area (Å²) in [6, 6.07) is 6.64. The smallest absolute Gasteiger partial charge is 0.334 e. The molecule has 0 radical (unpaired) electrons. The molecule has 0 bridgehead atoms. The Bertz CT molecular complexity index is 490. The molecule has 4 nitrogen and oxygen atoms in total. The summed E-state index contributed by atoms with van der Waals surface area (Å²) in [4.78, 5) is 22.1. The van der Waals surface area contributed by atoms with Gasteiger partial charge in [-0.1, -0.05) is 23.7 Å². The Balaban J connectivity index is 2.45. The summed E-state index contributed by atoms with van der Waals surface area (Å²) in [5.74, 6) is -1.38. The van der Waals surface area contributed by atoms with Crippen molar-refractivity contribution < 1.29 is 14.7 Å². The standard InChI is InChI=1S/C11H8ClNO3/c12-7-3-1-6(2-4-7)10-8(11(15)16)5-9(14)13-10/h1-4H,5H2,(H,13,14)(H,15,16). The second-order valence-electron chi connectivity index (χ2n) is 3.39. The van der Waals surface area contributed by atoms with E-state index in [0.717, 1.165) is 0 Å². The largest absolute Gasteiger partial charge is 0.478 e. The first-order chi connectivity index (χ1) is 7.58. The predicted molar refractivity (Wildman–Crippen MR) is 58.8 cm³/mol. The van der Waals surface area contributed by atoms with E-state index in [-0.39, 0.29) is 17.9 Å². The molecule has 0 atom stereocenters. The topological polar surface area (TPSA) is 66.4 Å². The highest BCUT2D eigenvalue weighted by Gasteiger charge is 2.26. The highest BCUT2D eigenvalue weighted by Crippen LogP contribution is 2.25. The molecule has 1 aromatic carbocycles. The number of aliphatic carboxylic acids is 1. The molecule has 0 aromatic heterocycles. The number of carboxylic acids is 1. The minimum atomic E-state index is -1.08. The Labute approximate surface area is 96.5 Å². The Kier molecular flexibility index (Phi) is 2.66. The summed E-state index contributed by atoms with van der Waals surface area (Å²) >= 11 is 5.73. The summed E-state index contributed by atoms with van der Waals surface area (Å²) in [6.45, 7) is 0. The lowest BCUT2D eigenvalue weighted by atomic mass is 10.1. The third-order valence-electron chi connectivity index (χ3n) is 2.29. The Morgan fingerprint density at radius 3 is 2.50 bits per heavy atom. The fourth-order valence-electron chi connectivity index (χ4n) is 1.55. The number of carbonyl (C=O) groups excluding carboxylic acids is 1. The lowest BCUT2D eigenvalue weighted by Crippen LogP contribution is -2.13. The lowest BCUT2D eigenvalue weighted by molar-refractivity contribution is -0.133. The Hall–Kier alpha value is -1.81. The van der Waals surface area contributed by atoms with Crippen molar-refractivity contribution in [3.8, 4) is 0 Å². The first-order valence-corrected chi connectivity index (χ1v) is 4.98. The van der Waals surface area contributed by atoms with Gasteiger partial charge in [0.1, 0.15) is 0 Å². The molecule has 0 fully saturated rings. The van der Waals surface area contributed by atoms with Gasteiger partial charge in [0.2, 0.25) is 5.91 Å². The molecule has 0 saturated carbocycles. The monoisotopic (exact) mass is 237 g/mol. The predicted octanol–water partition coefficient (Wildman–Crippen LogP) is 1.66. The number of hydrogen-bond acceptors (Lipinski definition) is 2. The van der Waals surface area contributed by atoms with Crippen LogP contribution < -0.4 is 5.32 Å². The van der Waals surface area contributed by atoms with Crippen molar-refractivity contribution in [2.75, 3.05) is 0 Å². The molecule has 1 aliphatic heterocycles. The van der Waals surface area contributed by atoms with Gasteiger partial charge in [-0.25, -0.2) is 4.79 Å². The molecule has 82 valence electrons. The minimum Gasteiger partial charge on any atom is -0.478 e. The molecule has 5 heteroatoms. The van der Waals surface area contributed by atoms with Crippen molar-refractivity contribution in [1.82, 2.24) is 5.32 Å². The van der Waals surface area contributed by atoms with Crippen LogP contribution in [-0.4, -0.2) is 17.0 Å². The second kappa shape index (κ2) is 3.98. The van der Waals surface area contributed by atoms with Gasteiger partial charge in [-0.05, 0) is 17.7 Å². The van der Waals surface area contributed by atoms with Gasteiger partial charge in [-0.3, -0.25) is 4.79 Å². The molecular formula is C11H8ClNO3. The number of rotatable bonds is 2. The van der Waals surface area contributed by atoms with Crippen molar-refractivity contribution in [2.24, 2.45) is 0 Å². The van der Waals surface area contributed by atoms with Crippen LogP contribution in [-0.2, 0) is 9.59 Å². The first kappa shape index (κ1) is 10.7. The van der Waals surface area contributed by atoms with Crippen LogP contribution in [0.2, 0.25) is 5.02 Å². The van der Waals surface area contributed by atoms with Crippen LogP contribution in [0.5, 0.6) is 0 Å². The van der Waals surface area contributed by atoms with Gasteiger partial charge in [-0.15, -0.1) is 0 Å². The molecule has 0 unspecified atom stereocenters. The average molecular weight is 238 g/mol. The molecule has 0 aliphatic carbocycles. The summed E-state index contributed by atoms with van der Waals surface area (Å²) in [6.07, 6.45) is -0.0900. The number of carboxylic acid groups (broad SMARTS) is 1. The van der Waals surface area contributed by atoms with Crippen LogP contribution in [0.1, 0.15) is 12.0 Å². The number of hydrogen-bond donors (Lipinski definition) is 2. The molecule has 2 N–H and O–H groups in total. The van der Waals surface area contributed by atoms with Crippen molar-refractivity contribution in [3.05, 3.63) is 40.4 Å². The maximum atomic E-state index is 11.2. The Morgan fingerprint density at radius 1 is 1.31 bits per heavy atom. The number of halogens is 1. The summed E-state index contributed by atoms with van der Waals surface area (Å²) < 4.78 is 0. The number of benzene rings is 1. The molecule has 1 amide bonds. The van der Waals surface area contributed by atoms with E-state index in [1.165, 1.54) is 0 Å². The number of carbonyl (C=O) groups is 2. The zero-order valence-electron chi connectivity index (χ0n) is 8.16. The van der Waals surface area contributed by atoms with Gasteiger partial charge < -0.3 is 10.4 Å². The van der Waals surface area contributed by atoms with Gasteiger partial charge in [0.15, 0.2) is 0 Å². The van der Waals surface area contributed by atoms with Crippen molar-refractivity contribution in [1.29, 1.82) is 0 Å². The molecule has 1 aliphatic rings. The van der Waals surface area contributed by atoms with Gasteiger partial charge in [0, 0.05) is 5.02 Å². The molecule has 1 aromatic rings. The van der Waals surface area contributed by atoms with E-state index in [0.29, 0.717) is 16.3 Å². The van der Waals surface area contributed by atoms with Crippen LogP contribution in [0, 0.1) is 0 Å². The van der Waals surface area contributed by atoms with Crippen LogP contribution in [0.25, 0.3) is 5.70 Å². The fraction of sp³-hybridized carbons (Fsp3) is 0.0909. The third kappa shape index (κ3) is 1.92. The molecular weight excluding hydrogens is 230 g/mol. The molecule has 1 heterocycles. The maximum Gasteiger partial charge on any atom is 0.334 e. The van der Waals surface area contributed by atoms with Gasteiger partial charge in [0.05, 0.1) is 17.7 Å². The molecule has 0 saturated heterocycles. The van der Waals surface area contributed by atoms with Crippen LogP contribution in [0.15, 0.2) is 29.8 Å². The van der Waals surface area contributed by atoms with E-state index in [9.17, 15) is 9.59 Å². The van der Waals surface area contributed by atoms with Gasteiger partial charge in [-0.2, -0.15) is 0 Å². The third-order valence-corrected chi connectivity index (χ3v) is 2.55. The van der Waals surface area contributed by atoms with Gasteiger partial charge in [0.25, 0.3) is 0 Å². The quantitative estimate of drug-likeness (QED) is 0.822. The van der Waals surface area contributed by atoms with Crippen LogP contribution in [0.3, 0.4) is 0 Å². The number of nitrogens with one attached hydrogen (secondary N) is 1. The maximum absolute atomic E-state index is 11.2. The minimum absolute atomic E-state index is 0.0900. The normalized spacial score (nSPS) is 15.2. The van der Waals surface area contributed by atoms with E-state index >= 15 is 0 Å². The zero-order chi connectivity index (χ0) is 11.7. The van der Waals surface area contributed by atoms with E-state index in [2.05, 4.69) is 5.32 Å². The fourth-order valence-corrected chi connectivity index (χ4v) is 1.68. The zero-order valence-corrected chi connectivity index (χ0v) is 8.91. The van der Waals surface area contributed by atoms with Crippen LogP contribution >= 0.6 is 11.6 Å². The summed E-state index contributed by atoms with van der Waals surface area (Å²) in [5.41, 5.74) is 1.09. The van der Waals surface area contributed by atoms with Crippen molar-refractivity contribution in [3.63, 3.8) is 0 Å². The van der Waals surface area contributed by atoms with Crippen molar-refractivity contribution in [2.45, 2.75) is 6.42 Å².